The Labute approximate surface area is 177 Å². The largest absolute Gasteiger partial charge is 0.497 e. The van der Waals surface area contributed by atoms with Crippen molar-refractivity contribution in [2.45, 2.75) is 32.1 Å². The van der Waals surface area contributed by atoms with Crippen LogP contribution in [-0.2, 0) is 17.6 Å². The third-order valence-electron chi connectivity index (χ3n) is 6.67. The van der Waals surface area contributed by atoms with Crippen molar-refractivity contribution in [2.75, 3.05) is 20.2 Å². The Bertz CT molecular complexity index is 1100. The topological polar surface area (TPSA) is 45.3 Å². The van der Waals surface area contributed by atoms with E-state index >= 15 is 0 Å². The Hall–Kier alpha value is -3.01. The summed E-state index contributed by atoms with van der Waals surface area (Å²) in [5.41, 5.74) is 6.50. The van der Waals surface area contributed by atoms with E-state index in [9.17, 15) is 4.79 Å². The third-order valence-corrected chi connectivity index (χ3v) is 6.67. The van der Waals surface area contributed by atoms with Crippen LogP contribution in [0.4, 0.5) is 0 Å². The summed E-state index contributed by atoms with van der Waals surface area (Å²) in [4.78, 5) is 18.6. The summed E-state index contributed by atoms with van der Waals surface area (Å²) in [6.07, 6.45) is 6.86. The molecule has 0 fully saturated rings. The summed E-state index contributed by atoms with van der Waals surface area (Å²) in [6, 6.07) is 16.7. The molecule has 0 bridgehead atoms. The van der Waals surface area contributed by atoms with Crippen molar-refractivity contribution < 1.29 is 9.53 Å². The summed E-state index contributed by atoms with van der Waals surface area (Å²) in [5.74, 6) is 1.59. The van der Waals surface area contributed by atoms with Gasteiger partial charge in [-0.3, -0.25) is 4.79 Å². The van der Waals surface area contributed by atoms with E-state index in [1.165, 1.54) is 33.3 Å². The number of methoxy groups -OCH3 is 1. The van der Waals surface area contributed by atoms with Gasteiger partial charge in [-0.1, -0.05) is 36.4 Å². The zero-order chi connectivity index (χ0) is 20.5. The first-order valence-corrected chi connectivity index (χ1v) is 10.9. The number of ether oxygens (including phenoxy) is 1. The van der Waals surface area contributed by atoms with Gasteiger partial charge in [0.2, 0.25) is 5.91 Å². The highest BCUT2D eigenvalue weighted by atomic mass is 16.5. The zero-order valence-electron chi connectivity index (χ0n) is 17.5. The molecule has 1 unspecified atom stereocenters. The maximum absolute atomic E-state index is 13.0. The second-order valence-corrected chi connectivity index (χ2v) is 8.49. The Morgan fingerprint density at radius 1 is 1.17 bits per heavy atom. The monoisotopic (exact) mass is 400 g/mol. The van der Waals surface area contributed by atoms with E-state index in [0.717, 1.165) is 44.5 Å². The molecule has 4 heteroatoms. The number of hydrogen-bond donors (Lipinski definition) is 1. The van der Waals surface area contributed by atoms with Gasteiger partial charge in [0.15, 0.2) is 0 Å². The van der Waals surface area contributed by atoms with Crippen LogP contribution >= 0.6 is 0 Å². The van der Waals surface area contributed by atoms with Gasteiger partial charge in [0.1, 0.15) is 5.75 Å². The highest BCUT2D eigenvalue weighted by Gasteiger charge is 2.27. The smallest absolute Gasteiger partial charge is 0.223 e. The van der Waals surface area contributed by atoms with E-state index in [-0.39, 0.29) is 0 Å². The molecule has 1 amide bonds. The standard InChI is InChI=1S/C26H28N2O2/c1-30-21-8-10-25-23(17-21)22-15-18(7-9-24(22)27-25)16-26(29)28-13-11-20(12-14-28)19-5-3-2-4-6-19/h2-6,8,10-11,17-18,27H,7,9,12-16H2,1H3. The summed E-state index contributed by atoms with van der Waals surface area (Å²) >= 11 is 0. The molecule has 30 heavy (non-hydrogen) atoms. The summed E-state index contributed by atoms with van der Waals surface area (Å²) < 4.78 is 5.41. The minimum Gasteiger partial charge on any atom is -0.497 e. The van der Waals surface area contributed by atoms with E-state index in [1.54, 1.807) is 7.11 Å². The van der Waals surface area contributed by atoms with Crippen LogP contribution < -0.4 is 4.74 Å². The molecule has 0 saturated carbocycles. The van der Waals surface area contributed by atoms with Crippen LogP contribution in [0.1, 0.15) is 36.1 Å². The molecular weight excluding hydrogens is 372 g/mol. The van der Waals surface area contributed by atoms with E-state index < -0.39 is 0 Å². The predicted molar refractivity (Wildman–Crippen MR) is 121 cm³/mol. The molecule has 4 nitrogen and oxygen atoms in total. The number of fused-ring (bicyclic) bond motifs is 3. The number of carbonyl (C=O) groups excluding carboxylic acids is 1. The fourth-order valence-electron chi connectivity index (χ4n) is 4.96. The molecule has 0 radical (unpaired) electrons. The number of aryl methyl sites for hydroxylation is 1. The molecule has 1 aliphatic heterocycles. The van der Waals surface area contributed by atoms with Crippen LogP contribution in [0, 0.1) is 5.92 Å². The highest BCUT2D eigenvalue weighted by Crippen LogP contribution is 2.35. The number of rotatable bonds is 4. The molecular formula is C26H28N2O2. The second kappa shape index (κ2) is 8.02. The number of carbonyl (C=O) groups is 1. The molecule has 3 aromatic rings. The van der Waals surface area contributed by atoms with Gasteiger partial charge < -0.3 is 14.6 Å². The first-order chi connectivity index (χ1) is 14.7. The number of benzene rings is 2. The molecule has 5 rings (SSSR count). The first-order valence-electron chi connectivity index (χ1n) is 10.9. The van der Waals surface area contributed by atoms with Crippen LogP contribution in [0.5, 0.6) is 5.75 Å². The molecule has 0 saturated heterocycles. The maximum atomic E-state index is 13.0. The van der Waals surface area contributed by atoms with Gasteiger partial charge in [-0.2, -0.15) is 0 Å². The van der Waals surface area contributed by atoms with Gasteiger partial charge in [0, 0.05) is 36.1 Å². The van der Waals surface area contributed by atoms with E-state index in [0.29, 0.717) is 18.2 Å². The molecule has 2 heterocycles. The van der Waals surface area contributed by atoms with E-state index in [4.69, 9.17) is 4.74 Å². The van der Waals surface area contributed by atoms with E-state index in [2.05, 4.69) is 47.5 Å². The Morgan fingerprint density at radius 2 is 2.03 bits per heavy atom. The van der Waals surface area contributed by atoms with Crippen molar-refractivity contribution in [1.82, 2.24) is 9.88 Å². The van der Waals surface area contributed by atoms with Gasteiger partial charge in [-0.15, -0.1) is 0 Å². The highest BCUT2D eigenvalue weighted by molar-refractivity contribution is 5.86. The average molecular weight is 401 g/mol. The zero-order valence-corrected chi connectivity index (χ0v) is 17.5. The van der Waals surface area contributed by atoms with Crippen molar-refractivity contribution in [3.05, 3.63) is 71.4 Å². The van der Waals surface area contributed by atoms with Crippen LogP contribution in [-0.4, -0.2) is 36.0 Å². The van der Waals surface area contributed by atoms with Gasteiger partial charge in [0.05, 0.1) is 7.11 Å². The molecule has 0 spiro atoms. The Kier molecular flexibility index (Phi) is 5.07. The molecule has 1 N–H and O–H groups in total. The molecule has 1 atom stereocenters. The minimum absolute atomic E-state index is 0.296. The van der Waals surface area contributed by atoms with Crippen molar-refractivity contribution in [2.24, 2.45) is 5.92 Å². The van der Waals surface area contributed by atoms with Crippen molar-refractivity contribution >= 4 is 22.4 Å². The lowest BCUT2D eigenvalue weighted by atomic mass is 9.84. The molecule has 154 valence electrons. The summed E-state index contributed by atoms with van der Waals surface area (Å²) in [5, 5.41) is 1.25. The van der Waals surface area contributed by atoms with Crippen LogP contribution in [0.15, 0.2) is 54.6 Å². The average Bonchev–Trinajstić information content (AvgIpc) is 3.17. The summed E-state index contributed by atoms with van der Waals surface area (Å²) in [7, 11) is 1.71. The number of nitrogens with zero attached hydrogens (tertiary/aromatic N) is 1. The van der Waals surface area contributed by atoms with Gasteiger partial charge in [0.25, 0.3) is 0 Å². The summed E-state index contributed by atoms with van der Waals surface area (Å²) in [6.45, 7) is 1.55. The van der Waals surface area contributed by atoms with Gasteiger partial charge >= 0.3 is 0 Å². The SMILES string of the molecule is COc1ccc2[nH]c3c(c2c1)CC(CC(=O)N1CC=C(c2ccccc2)CC1)CC3. The number of aromatic nitrogens is 1. The molecule has 1 aromatic heterocycles. The number of amides is 1. The van der Waals surface area contributed by atoms with Crippen molar-refractivity contribution in [3.8, 4) is 5.75 Å². The predicted octanol–water partition coefficient (Wildman–Crippen LogP) is 4.99. The van der Waals surface area contributed by atoms with Gasteiger partial charge in [-0.05, 0) is 66.5 Å². The first kappa shape index (κ1) is 19.0. The fraction of sp³-hybridized carbons (Fsp3) is 0.346. The maximum Gasteiger partial charge on any atom is 0.223 e. The van der Waals surface area contributed by atoms with Crippen molar-refractivity contribution in [3.63, 3.8) is 0 Å². The van der Waals surface area contributed by atoms with Crippen LogP contribution in [0.25, 0.3) is 16.5 Å². The quantitative estimate of drug-likeness (QED) is 0.671. The minimum atomic E-state index is 0.296. The molecule has 2 aliphatic rings. The number of aromatic amines is 1. The number of H-pyrrole nitrogens is 1. The third kappa shape index (κ3) is 3.62. The second-order valence-electron chi connectivity index (χ2n) is 8.49. The lowest BCUT2D eigenvalue weighted by Gasteiger charge is -2.29. The Balaban J connectivity index is 1.25. The number of nitrogens with one attached hydrogen (secondary N) is 1. The lowest BCUT2D eigenvalue weighted by molar-refractivity contribution is -0.131. The van der Waals surface area contributed by atoms with Crippen molar-refractivity contribution in [1.29, 1.82) is 0 Å². The van der Waals surface area contributed by atoms with Crippen LogP contribution in [0.3, 0.4) is 0 Å². The Morgan fingerprint density at radius 3 is 2.80 bits per heavy atom. The van der Waals surface area contributed by atoms with E-state index in [1.807, 2.05) is 17.0 Å². The molecule has 1 aliphatic carbocycles. The fourth-order valence-corrected chi connectivity index (χ4v) is 4.96. The number of hydrogen-bond acceptors (Lipinski definition) is 2. The lowest BCUT2D eigenvalue weighted by Crippen LogP contribution is -2.36. The normalized spacial score (nSPS) is 18.8. The van der Waals surface area contributed by atoms with Gasteiger partial charge in [-0.25, -0.2) is 0 Å². The molecule has 2 aromatic carbocycles. The van der Waals surface area contributed by atoms with Crippen LogP contribution in [0.2, 0.25) is 0 Å².